The molecular formula is C10H13N5OS. The van der Waals surface area contributed by atoms with Crippen LogP contribution in [0.3, 0.4) is 0 Å². The van der Waals surface area contributed by atoms with Crippen LogP contribution < -0.4 is 5.32 Å². The molecule has 0 aliphatic carbocycles. The quantitative estimate of drug-likeness (QED) is 0.892. The molecule has 0 saturated heterocycles. The minimum absolute atomic E-state index is 0.146. The molecule has 0 aliphatic heterocycles. The number of carbonyl (C=O) groups is 1. The van der Waals surface area contributed by atoms with Crippen molar-refractivity contribution >= 4 is 22.4 Å². The molecule has 0 atom stereocenters. The van der Waals surface area contributed by atoms with Crippen LogP contribution in [0, 0.1) is 20.8 Å². The Hall–Kier alpha value is -1.76. The number of nitrogens with one attached hydrogen (secondary N) is 1. The van der Waals surface area contributed by atoms with E-state index < -0.39 is 0 Å². The Balaban J connectivity index is 2.00. The third kappa shape index (κ3) is 2.88. The summed E-state index contributed by atoms with van der Waals surface area (Å²) in [5, 5.41) is 15.9. The molecule has 6 nitrogen and oxygen atoms in total. The lowest BCUT2D eigenvalue weighted by Gasteiger charge is -2.03. The van der Waals surface area contributed by atoms with Crippen molar-refractivity contribution < 1.29 is 4.79 Å². The van der Waals surface area contributed by atoms with Crippen molar-refractivity contribution in [1.82, 2.24) is 20.0 Å². The number of anilines is 1. The number of rotatable bonds is 3. The summed E-state index contributed by atoms with van der Waals surface area (Å²) in [6, 6.07) is 1.93. The average Bonchev–Trinajstić information content (AvgIpc) is 2.74. The van der Waals surface area contributed by atoms with Crippen LogP contribution in [-0.4, -0.2) is 25.9 Å². The van der Waals surface area contributed by atoms with E-state index in [4.69, 9.17) is 0 Å². The largest absolute Gasteiger partial charge is 0.299 e. The van der Waals surface area contributed by atoms with Gasteiger partial charge in [0, 0.05) is 5.69 Å². The topological polar surface area (TPSA) is 72.7 Å². The fraction of sp³-hybridized carbons (Fsp3) is 0.400. The highest BCUT2D eigenvalue weighted by Crippen LogP contribution is 2.13. The Morgan fingerprint density at radius 1 is 1.41 bits per heavy atom. The highest BCUT2D eigenvalue weighted by Gasteiger charge is 2.09. The highest BCUT2D eigenvalue weighted by atomic mass is 32.1. The molecule has 2 aromatic rings. The summed E-state index contributed by atoms with van der Waals surface area (Å²) in [7, 11) is 0. The Labute approximate surface area is 103 Å². The molecule has 0 unspecified atom stereocenters. The van der Waals surface area contributed by atoms with Gasteiger partial charge in [-0.1, -0.05) is 11.3 Å². The Bertz CT molecular complexity index is 545. The maximum atomic E-state index is 11.7. The second kappa shape index (κ2) is 4.62. The standard InChI is InChI=1S/C10H13N5OS/c1-6-4-7(2)15(14-6)5-9(16)11-10-13-12-8(3)17-10/h4H,5H2,1-3H3,(H,11,13,16). The van der Waals surface area contributed by atoms with E-state index in [0.29, 0.717) is 5.13 Å². The lowest BCUT2D eigenvalue weighted by atomic mass is 10.4. The van der Waals surface area contributed by atoms with E-state index in [1.165, 1.54) is 11.3 Å². The lowest BCUT2D eigenvalue weighted by molar-refractivity contribution is -0.116. The zero-order valence-corrected chi connectivity index (χ0v) is 10.7. The van der Waals surface area contributed by atoms with E-state index in [-0.39, 0.29) is 12.5 Å². The number of carbonyl (C=O) groups excluding carboxylic acids is 1. The first-order valence-electron chi connectivity index (χ1n) is 5.15. The molecule has 0 aliphatic rings. The van der Waals surface area contributed by atoms with Crippen molar-refractivity contribution in [2.45, 2.75) is 27.3 Å². The molecule has 0 aromatic carbocycles. The van der Waals surface area contributed by atoms with Crippen LogP contribution in [0.1, 0.15) is 16.4 Å². The fourth-order valence-corrected chi connectivity index (χ4v) is 2.08. The normalized spacial score (nSPS) is 10.5. The Morgan fingerprint density at radius 2 is 2.18 bits per heavy atom. The molecule has 0 fully saturated rings. The highest BCUT2D eigenvalue weighted by molar-refractivity contribution is 7.15. The third-order valence-corrected chi connectivity index (χ3v) is 2.92. The van der Waals surface area contributed by atoms with Crippen LogP contribution in [0.4, 0.5) is 5.13 Å². The number of aryl methyl sites for hydroxylation is 3. The van der Waals surface area contributed by atoms with Crippen LogP contribution in [0.5, 0.6) is 0 Å². The summed E-state index contributed by atoms with van der Waals surface area (Å²) < 4.78 is 1.67. The first kappa shape index (κ1) is 11.7. The van der Waals surface area contributed by atoms with E-state index in [0.717, 1.165) is 16.4 Å². The minimum Gasteiger partial charge on any atom is -0.299 e. The zero-order valence-electron chi connectivity index (χ0n) is 9.89. The summed E-state index contributed by atoms with van der Waals surface area (Å²) in [6.07, 6.45) is 0. The van der Waals surface area contributed by atoms with E-state index in [9.17, 15) is 4.79 Å². The predicted octanol–water partition coefficient (Wildman–Crippen LogP) is 1.30. The van der Waals surface area contributed by atoms with Crippen molar-refractivity contribution in [2.75, 3.05) is 5.32 Å². The summed E-state index contributed by atoms with van der Waals surface area (Å²) in [5.41, 5.74) is 1.87. The number of aromatic nitrogens is 4. The molecule has 0 spiro atoms. The molecule has 2 aromatic heterocycles. The minimum atomic E-state index is -0.146. The van der Waals surface area contributed by atoms with Crippen molar-refractivity contribution in [3.63, 3.8) is 0 Å². The van der Waals surface area contributed by atoms with Crippen LogP contribution >= 0.6 is 11.3 Å². The van der Waals surface area contributed by atoms with Crippen molar-refractivity contribution in [3.8, 4) is 0 Å². The molecule has 17 heavy (non-hydrogen) atoms. The van der Waals surface area contributed by atoms with E-state index >= 15 is 0 Å². The summed E-state index contributed by atoms with van der Waals surface area (Å²) in [6.45, 7) is 5.85. The molecule has 2 heterocycles. The van der Waals surface area contributed by atoms with Gasteiger partial charge in [-0.25, -0.2) is 0 Å². The predicted molar refractivity (Wildman–Crippen MR) is 65.0 cm³/mol. The second-order valence-corrected chi connectivity index (χ2v) is 4.94. The van der Waals surface area contributed by atoms with Gasteiger partial charge in [0.05, 0.1) is 5.69 Å². The maximum absolute atomic E-state index is 11.7. The van der Waals surface area contributed by atoms with Crippen LogP contribution in [0.25, 0.3) is 0 Å². The smallest absolute Gasteiger partial charge is 0.247 e. The maximum Gasteiger partial charge on any atom is 0.247 e. The Kier molecular flexibility index (Phi) is 3.19. The molecule has 90 valence electrons. The molecule has 1 N–H and O–H groups in total. The molecule has 7 heteroatoms. The van der Waals surface area contributed by atoms with Crippen LogP contribution in [-0.2, 0) is 11.3 Å². The number of amides is 1. The van der Waals surface area contributed by atoms with Gasteiger partial charge in [0.1, 0.15) is 11.6 Å². The van der Waals surface area contributed by atoms with Gasteiger partial charge in [-0.05, 0) is 26.8 Å². The summed E-state index contributed by atoms with van der Waals surface area (Å²) >= 11 is 1.35. The van der Waals surface area contributed by atoms with Gasteiger partial charge in [-0.3, -0.25) is 14.8 Å². The number of hydrogen-bond acceptors (Lipinski definition) is 5. The van der Waals surface area contributed by atoms with Crippen molar-refractivity contribution in [2.24, 2.45) is 0 Å². The van der Waals surface area contributed by atoms with E-state index in [2.05, 4.69) is 20.6 Å². The van der Waals surface area contributed by atoms with E-state index in [1.807, 2.05) is 26.8 Å². The lowest BCUT2D eigenvalue weighted by Crippen LogP contribution is -2.20. The SMILES string of the molecule is Cc1cc(C)n(CC(=O)Nc2nnc(C)s2)n1. The average molecular weight is 251 g/mol. The molecule has 1 amide bonds. The van der Waals surface area contributed by atoms with Crippen LogP contribution in [0.15, 0.2) is 6.07 Å². The Morgan fingerprint density at radius 3 is 2.71 bits per heavy atom. The number of hydrogen-bond donors (Lipinski definition) is 1. The second-order valence-electron chi connectivity index (χ2n) is 3.76. The molecular weight excluding hydrogens is 238 g/mol. The molecule has 2 rings (SSSR count). The van der Waals surface area contributed by atoms with Gasteiger partial charge < -0.3 is 0 Å². The molecule has 0 radical (unpaired) electrons. The molecule has 0 bridgehead atoms. The first-order valence-corrected chi connectivity index (χ1v) is 5.97. The van der Waals surface area contributed by atoms with Crippen molar-refractivity contribution in [3.05, 3.63) is 22.5 Å². The van der Waals surface area contributed by atoms with Crippen LogP contribution in [0.2, 0.25) is 0 Å². The fourth-order valence-electron chi connectivity index (χ4n) is 1.48. The van der Waals surface area contributed by atoms with E-state index in [1.54, 1.807) is 4.68 Å². The van der Waals surface area contributed by atoms with Gasteiger partial charge in [0.15, 0.2) is 0 Å². The summed E-state index contributed by atoms with van der Waals surface area (Å²) in [5.74, 6) is -0.146. The van der Waals surface area contributed by atoms with Crippen molar-refractivity contribution in [1.29, 1.82) is 0 Å². The van der Waals surface area contributed by atoms with Gasteiger partial charge in [0.25, 0.3) is 0 Å². The third-order valence-electron chi connectivity index (χ3n) is 2.17. The number of nitrogens with zero attached hydrogens (tertiary/aromatic N) is 4. The van der Waals surface area contributed by atoms with Gasteiger partial charge in [0.2, 0.25) is 11.0 Å². The monoisotopic (exact) mass is 251 g/mol. The van der Waals surface area contributed by atoms with Gasteiger partial charge in [-0.15, -0.1) is 10.2 Å². The van der Waals surface area contributed by atoms with Gasteiger partial charge >= 0.3 is 0 Å². The van der Waals surface area contributed by atoms with Gasteiger partial charge in [-0.2, -0.15) is 5.10 Å². The first-order chi connectivity index (χ1) is 8.04. The summed E-state index contributed by atoms with van der Waals surface area (Å²) in [4.78, 5) is 11.7. The zero-order chi connectivity index (χ0) is 12.4. The molecule has 0 saturated carbocycles.